The van der Waals surface area contributed by atoms with E-state index in [2.05, 4.69) is 16.0 Å². The molecule has 0 bridgehead atoms. The Balaban J connectivity index is 3.12. The van der Waals surface area contributed by atoms with Crippen molar-refractivity contribution in [1.82, 2.24) is 16.0 Å². The number of hydrogen-bond donors (Lipinski definition) is 7. The van der Waals surface area contributed by atoms with E-state index in [0.717, 1.165) is 0 Å². The molecule has 1 aromatic carbocycles. The van der Waals surface area contributed by atoms with Crippen LogP contribution in [0.3, 0.4) is 0 Å². The average molecular weight is 527 g/mol. The molecule has 1 aromatic rings. The zero-order valence-corrected chi connectivity index (χ0v) is 21.9. The van der Waals surface area contributed by atoms with E-state index in [1.54, 1.807) is 12.1 Å². The highest BCUT2D eigenvalue weighted by molar-refractivity contribution is 7.98. The number of amides is 3. The molecular weight excluding hydrogens is 488 g/mol. The number of carboxylic acids is 1. The van der Waals surface area contributed by atoms with Crippen molar-refractivity contribution in [1.29, 1.82) is 0 Å². The predicted molar refractivity (Wildman–Crippen MR) is 137 cm³/mol. The zero-order chi connectivity index (χ0) is 27.4. The molecule has 0 radical (unpaired) electrons. The number of thioether (sulfide) groups is 1. The van der Waals surface area contributed by atoms with Crippen LogP contribution in [-0.4, -0.2) is 81.3 Å². The molecule has 0 aliphatic rings. The van der Waals surface area contributed by atoms with Crippen LogP contribution in [0.5, 0.6) is 5.75 Å². The van der Waals surface area contributed by atoms with Crippen LogP contribution in [0, 0.1) is 5.92 Å². The summed E-state index contributed by atoms with van der Waals surface area (Å²) >= 11 is 1.54. The van der Waals surface area contributed by atoms with Crippen LogP contribution in [-0.2, 0) is 25.6 Å². The number of carboxylic acid groups (broad SMARTS) is 1. The second-order valence-corrected chi connectivity index (χ2v) is 10.1. The van der Waals surface area contributed by atoms with Crippen molar-refractivity contribution in [3.8, 4) is 5.75 Å². The van der Waals surface area contributed by atoms with Crippen molar-refractivity contribution in [2.75, 3.05) is 12.0 Å². The molecule has 36 heavy (non-hydrogen) atoms. The van der Waals surface area contributed by atoms with Gasteiger partial charge in [0.1, 0.15) is 17.8 Å². The molecule has 0 saturated carbocycles. The highest BCUT2D eigenvalue weighted by Gasteiger charge is 2.32. The topological polar surface area (TPSA) is 191 Å². The fourth-order valence-electron chi connectivity index (χ4n) is 3.35. The molecule has 0 heterocycles. The van der Waals surface area contributed by atoms with Crippen molar-refractivity contribution < 1.29 is 34.5 Å². The number of carbonyl (C=O) groups is 4. The SMILES string of the molecule is CSCCC(N)C(=O)NC(Cc1ccc(O)cc1)C(=O)NC(CC(C)C)C(=O)NC(C(=O)O)C(C)O. The van der Waals surface area contributed by atoms with Gasteiger partial charge in [0.15, 0.2) is 6.04 Å². The maximum atomic E-state index is 13.3. The molecule has 3 amide bonds. The van der Waals surface area contributed by atoms with Gasteiger partial charge in [-0.15, -0.1) is 0 Å². The third-order valence-electron chi connectivity index (χ3n) is 5.37. The van der Waals surface area contributed by atoms with E-state index < -0.39 is 54.0 Å². The summed E-state index contributed by atoms with van der Waals surface area (Å²) in [6, 6.07) is 1.54. The van der Waals surface area contributed by atoms with Gasteiger partial charge in [-0.3, -0.25) is 14.4 Å². The van der Waals surface area contributed by atoms with Crippen LogP contribution in [0.4, 0.5) is 0 Å². The second-order valence-electron chi connectivity index (χ2n) is 9.08. The van der Waals surface area contributed by atoms with E-state index in [9.17, 15) is 34.5 Å². The summed E-state index contributed by atoms with van der Waals surface area (Å²) in [6.07, 6.45) is 1.20. The Morgan fingerprint density at radius 1 is 0.944 bits per heavy atom. The fourth-order valence-corrected chi connectivity index (χ4v) is 3.84. The van der Waals surface area contributed by atoms with Crippen molar-refractivity contribution >= 4 is 35.5 Å². The molecule has 11 nitrogen and oxygen atoms in total. The van der Waals surface area contributed by atoms with Gasteiger partial charge in [-0.25, -0.2) is 4.79 Å². The first-order chi connectivity index (χ1) is 16.8. The van der Waals surface area contributed by atoms with Gasteiger partial charge in [0.25, 0.3) is 0 Å². The monoisotopic (exact) mass is 526 g/mol. The smallest absolute Gasteiger partial charge is 0.328 e. The molecule has 5 unspecified atom stereocenters. The molecule has 0 aliphatic carbocycles. The van der Waals surface area contributed by atoms with Gasteiger partial charge >= 0.3 is 5.97 Å². The van der Waals surface area contributed by atoms with Crippen LogP contribution in [0.15, 0.2) is 24.3 Å². The van der Waals surface area contributed by atoms with Crippen LogP contribution in [0.1, 0.15) is 39.2 Å². The zero-order valence-electron chi connectivity index (χ0n) is 21.1. The van der Waals surface area contributed by atoms with E-state index in [1.165, 1.54) is 30.8 Å². The fraction of sp³-hybridized carbons (Fsp3) is 0.583. The normalized spacial score (nSPS) is 15.3. The molecule has 5 atom stereocenters. The summed E-state index contributed by atoms with van der Waals surface area (Å²) < 4.78 is 0. The molecule has 202 valence electrons. The summed E-state index contributed by atoms with van der Waals surface area (Å²) in [7, 11) is 0. The largest absolute Gasteiger partial charge is 0.508 e. The van der Waals surface area contributed by atoms with Gasteiger partial charge in [0.2, 0.25) is 17.7 Å². The Hall–Kier alpha value is -2.83. The first-order valence-electron chi connectivity index (χ1n) is 11.7. The Morgan fingerprint density at radius 2 is 1.50 bits per heavy atom. The van der Waals surface area contributed by atoms with Crippen molar-refractivity contribution in [3.63, 3.8) is 0 Å². The van der Waals surface area contributed by atoms with Crippen LogP contribution in [0.25, 0.3) is 0 Å². The molecule has 0 aromatic heterocycles. The molecule has 0 fully saturated rings. The number of phenolic OH excluding ortho intramolecular Hbond substituents is 1. The molecule has 0 saturated heterocycles. The number of aromatic hydroxyl groups is 1. The first-order valence-corrected chi connectivity index (χ1v) is 13.1. The summed E-state index contributed by atoms with van der Waals surface area (Å²) in [6.45, 7) is 4.89. The Bertz CT molecular complexity index is 880. The standard InChI is InChI=1S/C24H38N4O7S/c1-13(2)11-18(23(33)28-20(14(3)29)24(34)35)27-22(32)19(12-15-5-7-16(30)8-6-15)26-21(31)17(25)9-10-36-4/h5-8,13-14,17-20,29-30H,9-12,25H2,1-4H3,(H,26,31)(H,27,32)(H,28,33)(H,34,35). The summed E-state index contributed by atoms with van der Waals surface area (Å²) in [5, 5.41) is 36.1. The Kier molecular flexibility index (Phi) is 13.3. The van der Waals surface area contributed by atoms with E-state index in [4.69, 9.17) is 5.73 Å². The van der Waals surface area contributed by atoms with Gasteiger partial charge < -0.3 is 37.0 Å². The second kappa shape index (κ2) is 15.3. The lowest BCUT2D eigenvalue weighted by Crippen LogP contribution is -2.58. The van der Waals surface area contributed by atoms with Crippen LogP contribution in [0.2, 0.25) is 0 Å². The number of rotatable bonds is 15. The van der Waals surface area contributed by atoms with E-state index >= 15 is 0 Å². The maximum absolute atomic E-state index is 13.3. The number of benzene rings is 1. The molecule has 0 aliphatic heterocycles. The summed E-state index contributed by atoms with van der Waals surface area (Å²) in [5.74, 6) is -2.69. The highest BCUT2D eigenvalue weighted by atomic mass is 32.2. The van der Waals surface area contributed by atoms with Crippen molar-refractivity contribution in [2.45, 2.75) is 70.3 Å². The number of nitrogens with two attached hydrogens (primary N) is 1. The predicted octanol–water partition coefficient (Wildman–Crippen LogP) is -0.0190. The molecule has 0 spiro atoms. The van der Waals surface area contributed by atoms with Crippen molar-refractivity contribution in [2.24, 2.45) is 11.7 Å². The van der Waals surface area contributed by atoms with Gasteiger partial charge in [-0.1, -0.05) is 26.0 Å². The Labute approximate surface area is 215 Å². The van der Waals surface area contributed by atoms with Gasteiger partial charge in [-0.05, 0) is 55.4 Å². The lowest BCUT2D eigenvalue weighted by molar-refractivity contribution is -0.145. The van der Waals surface area contributed by atoms with E-state index in [1.807, 2.05) is 20.1 Å². The molecule has 8 N–H and O–H groups in total. The van der Waals surface area contributed by atoms with Gasteiger partial charge in [-0.2, -0.15) is 11.8 Å². The van der Waals surface area contributed by atoms with Gasteiger partial charge in [0, 0.05) is 6.42 Å². The Morgan fingerprint density at radius 3 is 2.00 bits per heavy atom. The average Bonchev–Trinajstić information content (AvgIpc) is 2.80. The van der Waals surface area contributed by atoms with E-state index in [0.29, 0.717) is 17.7 Å². The number of nitrogens with one attached hydrogen (secondary N) is 3. The van der Waals surface area contributed by atoms with Crippen LogP contribution < -0.4 is 21.7 Å². The number of carbonyl (C=O) groups excluding carboxylic acids is 3. The number of aliphatic hydroxyl groups is 1. The highest BCUT2D eigenvalue weighted by Crippen LogP contribution is 2.13. The molecule has 12 heteroatoms. The van der Waals surface area contributed by atoms with Crippen molar-refractivity contribution in [3.05, 3.63) is 29.8 Å². The minimum Gasteiger partial charge on any atom is -0.508 e. The lowest BCUT2D eigenvalue weighted by atomic mass is 10.00. The molecule has 1 rings (SSSR count). The number of aliphatic hydroxyl groups excluding tert-OH is 1. The minimum atomic E-state index is -1.55. The van der Waals surface area contributed by atoms with Crippen LogP contribution >= 0.6 is 11.8 Å². The number of aliphatic carboxylic acids is 1. The summed E-state index contributed by atoms with van der Waals surface area (Å²) in [4.78, 5) is 50.2. The van der Waals surface area contributed by atoms with E-state index in [-0.39, 0.29) is 24.5 Å². The first kappa shape index (κ1) is 31.2. The third-order valence-corrected chi connectivity index (χ3v) is 6.01. The minimum absolute atomic E-state index is 0.0408. The third kappa shape index (κ3) is 10.8. The molecular formula is C24H38N4O7S. The van der Waals surface area contributed by atoms with Gasteiger partial charge in [0.05, 0.1) is 12.1 Å². The number of hydrogen-bond acceptors (Lipinski definition) is 8. The summed E-state index contributed by atoms with van der Waals surface area (Å²) in [5.41, 5.74) is 6.61. The maximum Gasteiger partial charge on any atom is 0.328 e. The quantitative estimate of drug-likeness (QED) is 0.165. The lowest BCUT2D eigenvalue weighted by Gasteiger charge is -2.26. The number of phenols is 1.